The van der Waals surface area contributed by atoms with Gasteiger partial charge in [0.1, 0.15) is 5.82 Å². The monoisotopic (exact) mass is 360 g/mol. The Labute approximate surface area is 153 Å². The molecule has 2 heterocycles. The van der Waals surface area contributed by atoms with E-state index in [0.29, 0.717) is 22.3 Å². The van der Waals surface area contributed by atoms with Crippen molar-refractivity contribution in [2.75, 3.05) is 5.32 Å². The molecule has 0 aliphatic rings. The van der Waals surface area contributed by atoms with Crippen molar-refractivity contribution in [2.24, 2.45) is 0 Å². The molecule has 0 saturated carbocycles. The number of carbonyl (C=O) groups excluding carboxylic acids is 1. The van der Waals surface area contributed by atoms with E-state index in [9.17, 15) is 14.4 Å². The molecule has 0 aliphatic heterocycles. The molecular weight excluding hydrogens is 344 g/mol. The van der Waals surface area contributed by atoms with Crippen LogP contribution in [0.3, 0.4) is 0 Å². The Morgan fingerprint density at radius 3 is 2.74 bits per heavy atom. The number of nitrogens with one attached hydrogen (secondary N) is 2. The molecule has 0 bridgehead atoms. The van der Waals surface area contributed by atoms with Gasteiger partial charge in [0.2, 0.25) is 0 Å². The van der Waals surface area contributed by atoms with Gasteiger partial charge in [-0.25, -0.2) is 9.78 Å². The molecule has 0 spiro atoms. The highest BCUT2D eigenvalue weighted by atomic mass is 16.2. The molecule has 0 atom stereocenters. The van der Waals surface area contributed by atoms with Gasteiger partial charge in [0, 0.05) is 17.5 Å². The first kappa shape index (κ1) is 16.7. The third-order valence-corrected chi connectivity index (χ3v) is 4.40. The second-order valence-electron chi connectivity index (χ2n) is 6.08. The van der Waals surface area contributed by atoms with Crippen molar-refractivity contribution in [2.45, 2.75) is 13.5 Å². The van der Waals surface area contributed by atoms with Crippen LogP contribution in [0.1, 0.15) is 17.3 Å². The van der Waals surface area contributed by atoms with Crippen molar-refractivity contribution in [3.05, 3.63) is 81.0 Å². The van der Waals surface area contributed by atoms with Gasteiger partial charge in [-0.2, -0.15) is 0 Å². The van der Waals surface area contributed by atoms with Crippen molar-refractivity contribution in [1.82, 2.24) is 14.5 Å². The normalized spacial score (nSPS) is 11.0. The number of aromatic nitrogens is 3. The number of aromatic amines is 1. The van der Waals surface area contributed by atoms with E-state index in [0.717, 1.165) is 15.5 Å². The summed E-state index contributed by atoms with van der Waals surface area (Å²) in [6.45, 7) is 2.00. The van der Waals surface area contributed by atoms with Gasteiger partial charge in [0.15, 0.2) is 0 Å². The summed E-state index contributed by atoms with van der Waals surface area (Å²) in [4.78, 5) is 43.9. The zero-order valence-corrected chi connectivity index (χ0v) is 14.5. The molecule has 0 fully saturated rings. The third kappa shape index (κ3) is 2.99. The summed E-state index contributed by atoms with van der Waals surface area (Å²) in [5.74, 6) is 0.0499. The molecule has 27 heavy (non-hydrogen) atoms. The number of benzene rings is 2. The fourth-order valence-corrected chi connectivity index (χ4v) is 3.01. The van der Waals surface area contributed by atoms with Crippen LogP contribution in [0, 0.1) is 0 Å². The van der Waals surface area contributed by atoms with Gasteiger partial charge < -0.3 is 10.3 Å². The molecule has 2 N–H and O–H groups in total. The average Bonchev–Trinajstić information content (AvgIpc) is 2.67. The molecule has 7 nitrogen and oxygen atoms in total. The number of rotatable bonds is 3. The molecule has 2 aromatic heterocycles. The number of para-hydroxylation sites is 1. The Hall–Kier alpha value is -3.74. The number of fused-ring (bicyclic) bond motifs is 2. The molecule has 0 unspecified atom stereocenters. The molecule has 0 radical (unpaired) electrons. The van der Waals surface area contributed by atoms with Crippen LogP contribution in [0.25, 0.3) is 21.8 Å². The molecule has 7 heteroatoms. The van der Waals surface area contributed by atoms with Gasteiger partial charge in [-0.3, -0.25) is 14.2 Å². The summed E-state index contributed by atoms with van der Waals surface area (Å²) >= 11 is 0. The lowest BCUT2D eigenvalue weighted by Gasteiger charge is -2.08. The number of hydrogen-bond donors (Lipinski definition) is 2. The van der Waals surface area contributed by atoms with Crippen LogP contribution in [0.15, 0.2) is 64.2 Å². The van der Waals surface area contributed by atoms with E-state index in [-0.39, 0.29) is 18.0 Å². The molecule has 4 rings (SSSR count). The second-order valence-corrected chi connectivity index (χ2v) is 6.08. The molecule has 134 valence electrons. The number of pyridine rings is 1. The minimum Gasteiger partial charge on any atom is -0.307 e. The number of hydrogen-bond acceptors (Lipinski definition) is 4. The highest BCUT2D eigenvalue weighted by Gasteiger charge is 2.11. The summed E-state index contributed by atoms with van der Waals surface area (Å²) in [7, 11) is 0. The van der Waals surface area contributed by atoms with E-state index in [1.807, 2.05) is 30.3 Å². The smallest absolute Gasteiger partial charge is 0.307 e. The van der Waals surface area contributed by atoms with Crippen LogP contribution in [-0.4, -0.2) is 20.4 Å². The van der Waals surface area contributed by atoms with Crippen LogP contribution >= 0.6 is 0 Å². The van der Waals surface area contributed by atoms with Crippen LogP contribution in [0.2, 0.25) is 0 Å². The largest absolute Gasteiger partial charge is 0.328 e. The molecule has 0 saturated heterocycles. The summed E-state index contributed by atoms with van der Waals surface area (Å²) < 4.78 is 1.11. The summed E-state index contributed by atoms with van der Waals surface area (Å²) in [5.41, 5.74) is 0.553. The first-order valence-electron chi connectivity index (χ1n) is 8.51. The van der Waals surface area contributed by atoms with Crippen LogP contribution in [0.5, 0.6) is 0 Å². The van der Waals surface area contributed by atoms with Crippen molar-refractivity contribution in [3.63, 3.8) is 0 Å². The van der Waals surface area contributed by atoms with E-state index >= 15 is 0 Å². The van der Waals surface area contributed by atoms with Crippen LogP contribution < -0.4 is 16.6 Å². The molecule has 2 aromatic carbocycles. The van der Waals surface area contributed by atoms with Gasteiger partial charge in [-0.15, -0.1) is 0 Å². The van der Waals surface area contributed by atoms with E-state index in [4.69, 9.17) is 0 Å². The Bertz CT molecular complexity index is 1300. The van der Waals surface area contributed by atoms with E-state index in [1.165, 1.54) is 6.07 Å². The minimum absolute atomic E-state index is 0.278. The van der Waals surface area contributed by atoms with Crippen LogP contribution in [-0.2, 0) is 6.54 Å². The summed E-state index contributed by atoms with van der Waals surface area (Å²) in [6, 6.07) is 15.8. The maximum absolute atomic E-state index is 12.6. The fourth-order valence-electron chi connectivity index (χ4n) is 3.01. The number of nitrogens with zero attached hydrogens (tertiary/aromatic N) is 2. The summed E-state index contributed by atoms with van der Waals surface area (Å²) in [6.07, 6.45) is 0. The third-order valence-electron chi connectivity index (χ3n) is 4.40. The summed E-state index contributed by atoms with van der Waals surface area (Å²) in [5, 5.41) is 4.08. The SMILES string of the molecule is CCn1c(=O)[nH]c2cc(C(=O)Nc3ccc4ccccc4n3)ccc2c1=O. The molecule has 4 aromatic rings. The van der Waals surface area contributed by atoms with Gasteiger partial charge in [-0.1, -0.05) is 18.2 Å². The fraction of sp³-hybridized carbons (Fsp3) is 0.100. The average molecular weight is 360 g/mol. The second kappa shape index (κ2) is 6.53. The van der Waals surface area contributed by atoms with E-state index in [2.05, 4.69) is 15.3 Å². The highest BCUT2D eigenvalue weighted by molar-refractivity contribution is 6.06. The lowest BCUT2D eigenvalue weighted by atomic mass is 10.1. The Morgan fingerprint density at radius 2 is 1.93 bits per heavy atom. The molecule has 0 aliphatic carbocycles. The van der Waals surface area contributed by atoms with Gasteiger partial charge in [0.05, 0.1) is 16.4 Å². The zero-order chi connectivity index (χ0) is 19.0. The Balaban J connectivity index is 1.69. The van der Waals surface area contributed by atoms with Crippen molar-refractivity contribution < 1.29 is 4.79 Å². The van der Waals surface area contributed by atoms with Gasteiger partial charge in [0.25, 0.3) is 11.5 Å². The van der Waals surface area contributed by atoms with Crippen molar-refractivity contribution >= 4 is 33.5 Å². The number of carbonyl (C=O) groups is 1. The minimum atomic E-state index is -0.497. The van der Waals surface area contributed by atoms with Crippen molar-refractivity contribution in [1.29, 1.82) is 0 Å². The van der Waals surface area contributed by atoms with Crippen LogP contribution in [0.4, 0.5) is 5.82 Å². The maximum atomic E-state index is 12.6. The number of anilines is 1. The Kier molecular flexibility index (Phi) is 4.04. The first-order valence-corrected chi connectivity index (χ1v) is 8.51. The predicted octanol–water partition coefficient (Wildman–Crippen LogP) is 2.51. The van der Waals surface area contributed by atoms with E-state index in [1.54, 1.807) is 25.1 Å². The number of H-pyrrole nitrogens is 1. The first-order chi connectivity index (χ1) is 13.1. The zero-order valence-electron chi connectivity index (χ0n) is 14.5. The van der Waals surface area contributed by atoms with Gasteiger partial charge in [-0.05, 0) is 43.3 Å². The highest BCUT2D eigenvalue weighted by Crippen LogP contribution is 2.16. The van der Waals surface area contributed by atoms with E-state index < -0.39 is 5.69 Å². The van der Waals surface area contributed by atoms with Gasteiger partial charge >= 0.3 is 5.69 Å². The molecule has 1 amide bonds. The predicted molar refractivity (Wildman–Crippen MR) is 104 cm³/mol. The van der Waals surface area contributed by atoms with Crippen molar-refractivity contribution in [3.8, 4) is 0 Å². The molecular formula is C20H16N4O3. The maximum Gasteiger partial charge on any atom is 0.328 e. The lowest BCUT2D eigenvalue weighted by molar-refractivity contribution is 0.102. The lowest BCUT2D eigenvalue weighted by Crippen LogP contribution is -2.34. The number of amides is 1. The standard InChI is InChI=1S/C20H16N4O3/c1-2-24-19(26)14-9-7-13(11-16(14)22-20(24)27)18(25)23-17-10-8-12-5-3-4-6-15(12)21-17/h3-11H,2H2,1H3,(H,22,27)(H,21,23,25). The Morgan fingerprint density at radius 1 is 1.11 bits per heavy atom. The quantitative estimate of drug-likeness (QED) is 0.587. The topological polar surface area (TPSA) is 96.8 Å².